The first-order valence-corrected chi connectivity index (χ1v) is 7.47. The molecule has 4 nitrogen and oxygen atoms in total. The molecule has 0 aliphatic heterocycles. The summed E-state index contributed by atoms with van der Waals surface area (Å²) < 4.78 is 25.7. The number of rotatable bonds is 6. The number of hydrogen-bond acceptors (Lipinski definition) is 3. The van der Waals surface area contributed by atoms with Gasteiger partial charge in [0.15, 0.2) is 0 Å². The van der Waals surface area contributed by atoms with Crippen molar-refractivity contribution >= 4 is 33.2 Å². The van der Waals surface area contributed by atoms with E-state index in [4.69, 9.17) is 28.9 Å². The highest BCUT2D eigenvalue weighted by molar-refractivity contribution is 7.88. The third-order valence-corrected chi connectivity index (χ3v) is 4.14. The third kappa shape index (κ3) is 5.23. The Balaban J connectivity index is 2.66. The number of hydrogen-bond donors (Lipinski definition) is 2. The van der Waals surface area contributed by atoms with Crippen molar-refractivity contribution in [2.24, 2.45) is 5.73 Å². The minimum Gasteiger partial charge on any atom is -0.330 e. The van der Waals surface area contributed by atoms with Crippen LogP contribution in [0.15, 0.2) is 18.2 Å². The Hall–Kier alpha value is -0.330. The van der Waals surface area contributed by atoms with Crippen LogP contribution in [0.4, 0.5) is 0 Å². The van der Waals surface area contributed by atoms with Gasteiger partial charge in [0.2, 0.25) is 10.0 Å². The molecule has 96 valence electrons. The molecule has 0 unspecified atom stereocenters. The van der Waals surface area contributed by atoms with E-state index in [0.717, 1.165) is 0 Å². The lowest BCUT2D eigenvalue weighted by atomic mass is 10.2. The summed E-state index contributed by atoms with van der Waals surface area (Å²) in [6, 6.07) is 4.76. The lowest BCUT2D eigenvalue weighted by molar-refractivity contribution is 0.578. The van der Waals surface area contributed by atoms with Crippen LogP contribution in [0, 0.1) is 0 Å². The van der Waals surface area contributed by atoms with Crippen LogP contribution in [0.3, 0.4) is 0 Å². The van der Waals surface area contributed by atoms with Gasteiger partial charge in [0.25, 0.3) is 0 Å². The number of benzene rings is 1. The molecule has 1 aromatic carbocycles. The molecule has 1 aromatic rings. The zero-order valence-corrected chi connectivity index (χ0v) is 11.4. The van der Waals surface area contributed by atoms with Crippen LogP contribution >= 0.6 is 23.2 Å². The van der Waals surface area contributed by atoms with E-state index in [1.165, 1.54) is 0 Å². The first kappa shape index (κ1) is 14.7. The summed E-state index contributed by atoms with van der Waals surface area (Å²) in [7, 11) is -3.34. The van der Waals surface area contributed by atoms with Gasteiger partial charge in [0.05, 0.1) is 15.8 Å². The largest absolute Gasteiger partial charge is 0.330 e. The van der Waals surface area contributed by atoms with Gasteiger partial charge in [-0.05, 0) is 30.7 Å². The van der Waals surface area contributed by atoms with Gasteiger partial charge in [-0.2, -0.15) is 0 Å². The molecule has 17 heavy (non-hydrogen) atoms. The molecule has 0 heterocycles. The average molecular weight is 297 g/mol. The van der Waals surface area contributed by atoms with Crippen LogP contribution in [0.1, 0.15) is 12.0 Å². The Bertz CT molecular complexity index is 477. The molecule has 0 saturated carbocycles. The number of sulfonamides is 1. The molecule has 0 fully saturated rings. The summed E-state index contributed by atoms with van der Waals surface area (Å²) in [5.74, 6) is -0.117. The van der Waals surface area contributed by atoms with Crippen molar-refractivity contribution in [2.45, 2.75) is 12.2 Å². The molecule has 3 N–H and O–H groups in total. The minimum atomic E-state index is -3.34. The molecule has 0 amide bonds. The van der Waals surface area contributed by atoms with Crippen LogP contribution in [-0.2, 0) is 15.8 Å². The summed E-state index contributed by atoms with van der Waals surface area (Å²) in [5.41, 5.74) is 5.88. The van der Waals surface area contributed by atoms with Crippen molar-refractivity contribution in [3.05, 3.63) is 33.8 Å². The minimum absolute atomic E-state index is 0.117. The Labute approximate surface area is 111 Å². The highest BCUT2D eigenvalue weighted by atomic mass is 35.5. The lowest BCUT2D eigenvalue weighted by Crippen LogP contribution is -2.27. The number of nitrogens with one attached hydrogen (secondary N) is 1. The van der Waals surface area contributed by atoms with Crippen molar-refractivity contribution in [1.82, 2.24) is 4.72 Å². The molecule has 0 aromatic heterocycles. The molecular formula is C10H14Cl2N2O2S. The third-order valence-electron chi connectivity index (χ3n) is 2.04. The summed E-state index contributed by atoms with van der Waals surface area (Å²) in [6.07, 6.45) is 0.612. The highest BCUT2D eigenvalue weighted by Crippen LogP contribution is 2.23. The first-order valence-electron chi connectivity index (χ1n) is 5.06. The van der Waals surface area contributed by atoms with Crippen LogP contribution < -0.4 is 10.5 Å². The van der Waals surface area contributed by atoms with Crippen molar-refractivity contribution in [1.29, 1.82) is 0 Å². The lowest BCUT2D eigenvalue weighted by Gasteiger charge is -2.06. The number of nitrogens with two attached hydrogens (primary N) is 1. The van der Waals surface area contributed by atoms with Crippen molar-refractivity contribution < 1.29 is 8.42 Å². The topological polar surface area (TPSA) is 72.2 Å². The maximum absolute atomic E-state index is 11.6. The second-order valence-corrected chi connectivity index (χ2v) is 6.17. The Morgan fingerprint density at radius 2 is 1.94 bits per heavy atom. The summed E-state index contributed by atoms with van der Waals surface area (Å²) >= 11 is 11.5. The predicted octanol–water partition coefficient (Wildman–Crippen LogP) is 1.76. The normalized spacial score (nSPS) is 11.7. The second kappa shape index (κ2) is 6.56. The average Bonchev–Trinajstić information content (AvgIpc) is 2.23. The van der Waals surface area contributed by atoms with E-state index in [0.29, 0.717) is 35.1 Å². The number of halogens is 2. The molecule has 0 aliphatic rings. The van der Waals surface area contributed by atoms with Crippen LogP contribution in [0.5, 0.6) is 0 Å². The molecular weight excluding hydrogens is 283 g/mol. The zero-order chi connectivity index (χ0) is 12.9. The van der Waals surface area contributed by atoms with E-state index in [1.807, 2.05) is 0 Å². The maximum atomic E-state index is 11.6. The van der Waals surface area contributed by atoms with Gasteiger partial charge >= 0.3 is 0 Å². The summed E-state index contributed by atoms with van der Waals surface area (Å²) in [5, 5.41) is 0.755. The molecule has 1 rings (SSSR count). The van der Waals surface area contributed by atoms with Gasteiger partial charge in [-0.3, -0.25) is 0 Å². The molecule has 7 heteroatoms. The van der Waals surface area contributed by atoms with Gasteiger partial charge in [0, 0.05) is 6.54 Å². The monoisotopic (exact) mass is 296 g/mol. The fourth-order valence-corrected chi connectivity index (χ4v) is 2.73. The zero-order valence-electron chi connectivity index (χ0n) is 9.12. The SMILES string of the molecule is NCCCNS(=O)(=O)Cc1ccc(Cl)c(Cl)c1. The van der Waals surface area contributed by atoms with Gasteiger partial charge < -0.3 is 5.73 Å². The standard InChI is InChI=1S/C10H14Cl2N2O2S/c11-9-3-2-8(6-10(9)12)7-17(15,16)14-5-1-4-13/h2-3,6,14H,1,4-5,7,13H2. The van der Waals surface area contributed by atoms with E-state index in [-0.39, 0.29) is 5.75 Å². The van der Waals surface area contributed by atoms with E-state index >= 15 is 0 Å². The summed E-state index contributed by atoms with van der Waals surface area (Å²) in [6.45, 7) is 0.801. The van der Waals surface area contributed by atoms with Gasteiger partial charge in [0.1, 0.15) is 0 Å². The Morgan fingerprint density at radius 1 is 1.24 bits per heavy atom. The van der Waals surface area contributed by atoms with Crippen molar-refractivity contribution in [3.63, 3.8) is 0 Å². The molecule has 0 radical (unpaired) electrons. The van der Waals surface area contributed by atoms with Crippen LogP contribution in [0.2, 0.25) is 10.0 Å². The molecule has 0 saturated heterocycles. The molecule has 0 atom stereocenters. The predicted molar refractivity (Wildman–Crippen MR) is 70.8 cm³/mol. The van der Waals surface area contributed by atoms with Crippen LogP contribution in [-0.4, -0.2) is 21.5 Å². The van der Waals surface area contributed by atoms with E-state index in [2.05, 4.69) is 4.72 Å². The van der Waals surface area contributed by atoms with E-state index in [1.54, 1.807) is 18.2 Å². The molecule has 0 aliphatic carbocycles. The van der Waals surface area contributed by atoms with E-state index < -0.39 is 10.0 Å². The molecule has 0 spiro atoms. The summed E-state index contributed by atoms with van der Waals surface area (Å²) in [4.78, 5) is 0. The first-order chi connectivity index (χ1) is 7.94. The highest BCUT2D eigenvalue weighted by Gasteiger charge is 2.11. The quantitative estimate of drug-likeness (QED) is 0.786. The van der Waals surface area contributed by atoms with E-state index in [9.17, 15) is 8.42 Å². The second-order valence-electron chi connectivity index (χ2n) is 3.54. The van der Waals surface area contributed by atoms with Crippen molar-refractivity contribution in [3.8, 4) is 0 Å². The molecule has 0 bridgehead atoms. The van der Waals surface area contributed by atoms with Gasteiger partial charge in [-0.25, -0.2) is 13.1 Å². The fourth-order valence-electron chi connectivity index (χ4n) is 1.23. The van der Waals surface area contributed by atoms with Gasteiger partial charge in [-0.15, -0.1) is 0 Å². The Morgan fingerprint density at radius 3 is 2.53 bits per heavy atom. The van der Waals surface area contributed by atoms with Crippen LogP contribution in [0.25, 0.3) is 0 Å². The smallest absolute Gasteiger partial charge is 0.215 e. The fraction of sp³-hybridized carbons (Fsp3) is 0.400. The Kier molecular flexibility index (Phi) is 5.69. The van der Waals surface area contributed by atoms with Gasteiger partial charge in [-0.1, -0.05) is 29.3 Å². The van der Waals surface area contributed by atoms with Crippen molar-refractivity contribution in [2.75, 3.05) is 13.1 Å². The maximum Gasteiger partial charge on any atom is 0.215 e.